The second kappa shape index (κ2) is 9.51. The third-order valence-corrected chi connectivity index (χ3v) is 5.48. The van der Waals surface area contributed by atoms with E-state index in [1.165, 1.54) is 11.1 Å². The van der Waals surface area contributed by atoms with Crippen LogP contribution in [-0.4, -0.2) is 23.5 Å². The lowest BCUT2D eigenvalue weighted by molar-refractivity contribution is -0.127. The van der Waals surface area contributed by atoms with Crippen LogP contribution in [0.25, 0.3) is 10.6 Å². The molecular formula is C23H26N2O2S. The molecule has 5 heteroatoms. The van der Waals surface area contributed by atoms with E-state index in [0.717, 1.165) is 22.7 Å². The lowest BCUT2D eigenvalue weighted by atomic mass is 10.2. The Kier molecular flexibility index (Phi) is 6.82. The Balaban J connectivity index is 1.46. The molecule has 0 radical (unpaired) electrons. The summed E-state index contributed by atoms with van der Waals surface area (Å²) in [7, 11) is 0. The standard InChI is InChI=1S/C23H26N2O2S/c1-4-18-7-11-21(12-8-18)27-17(3)22(26)24-14-13-20-15-28-23(25-20)19-9-5-16(2)6-10-19/h5-12,15,17H,4,13-14H2,1-3H3,(H,24,26). The van der Waals surface area contributed by atoms with Gasteiger partial charge >= 0.3 is 0 Å². The van der Waals surface area contributed by atoms with Gasteiger partial charge in [0.2, 0.25) is 0 Å². The van der Waals surface area contributed by atoms with Crippen LogP contribution in [-0.2, 0) is 17.6 Å². The molecule has 146 valence electrons. The van der Waals surface area contributed by atoms with Crippen LogP contribution in [0.2, 0.25) is 0 Å². The molecule has 2 aromatic carbocycles. The molecular weight excluding hydrogens is 368 g/mol. The molecule has 1 aromatic heterocycles. The number of nitrogens with one attached hydrogen (secondary N) is 1. The van der Waals surface area contributed by atoms with Crippen LogP contribution in [0.3, 0.4) is 0 Å². The van der Waals surface area contributed by atoms with E-state index in [9.17, 15) is 4.79 Å². The molecule has 1 amide bonds. The highest BCUT2D eigenvalue weighted by Gasteiger charge is 2.14. The molecule has 0 aliphatic heterocycles. The van der Waals surface area contributed by atoms with Crippen LogP contribution >= 0.6 is 11.3 Å². The van der Waals surface area contributed by atoms with Gasteiger partial charge in [0, 0.05) is 23.9 Å². The molecule has 28 heavy (non-hydrogen) atoms. The van der Waals surface area contributed by atoms with Gasteiger partial charge in [-0.1, -0.05) is 48.9 Å². The van der Waals surface area contributed by atoms with Gasteiger partial charge in [-0.2, -0.15) is 0 Å². The normalized spacial score (nSPS) is 11.8. The molecule has 1 heterocycles. The summed E-state index contributed by atoms with van der Waals surface area (Å²) in [4.78, 5) is 16.9. The van der Waals surface area contributed by atoms with Crippen LogP contribution in [0.15, 0.2) is 53.9 Å². The van der Waals surface area contributed by atoms with Gasteiger partial charge in [-0.05, 0) is 38.0 Å². The van der Waals surface area contributed by atoms with Gasteiger partial charge in [0.25, 0.3) is 5.91 Å². The van der Waals surface area contributed by atoms with Gasteiger partial charge in [0.05, 0.1) is 5.69 Å². The Morgan fingerprint density at radius 3 is 2.54 bits per heavy atom. The first-order valence-electron chi connectivity index (χ1n) is 9.60. The molecule has 0 saturated carbocycles. The van der Waals surface area contributed by atoms with Crippen molar-refractivity contribution in [1.29, 1.82) is 0 Å². The summed E-state index contributed by atoms with van der Waals surface area (Å²) in [5.41, 5.74) is 4.60. The number of carbonyl (C=O) groups excluding carboxylic acids is 1. The van der Waals surface area contributed by atoms with E-state index in [4.69, 9.17) is 4.74 Å². The highest BCUT2D eigenvalue weighted by atomic mass is 32.1. The summed E-state index contributed by atoms with van der Waals surface area (Å²) in [6.07, 6.45) is 1.15. The van der Waals surface area contributed by atoms with Crippen LogP contribution in [0.4, 0.5) is 0 Å². The van der Waals surface area contributed by atoms with Crippen LogP contribution in [0, 0.1) is 6.92 Å². The fraction of sp³-hybridized carbons (Fsp3) is 0.304. The molecule has 0 bridgehead atoms. The van der Waals surface area contributed by atoms with E-state index in [-0.39, 0.29) is 5.91 Å². The number of hydrogen-bond donors (Lipinski definition) is 1. The molecule has 3 rings (SSSR count). The van der Waals surface area contributed by atoms with E-state index < -0.39 is 6.10 Å². The van der Waals surface area contributed by atoms with Crippen LogP contribution in [0.5, 0.6) is 5.75 Å². The Morgan fingerprint density at radius 1 is 1.14 bits per heavy atom. The Morgan fingerprint density at radius 2 is 1.86 bits per heavy atom. The maximum Gasteiger partial charge on any atom is 0.260 e. The van der Waals surface area contributed by atoms with Crippen molar-refractivity contribution in [1.82, 2.24) is 10.3 Å². The SMILES string of the molecule is CCc1ccc(OC(C)C(=O)NCCc2csc(-c3ccc(C)cc3)n2)cc1. The van der Waals surface area contributed by atoms with E-state index in [0.29, 0.717) is 18.7 Å². The maximum atomic E-state index is 12.3. The van der Waals surface area contributed by atoms with E-state index in [2.05, 4.69) is 53.8 Å². The molecule has 1 unspecified atom stereocenters. The first-order chi connectivity index (χ1) is 13.5. The second-order valence-corrected chi connectivity index (χ2v) is 7.67. The van der Waals surface area contributed by atoms with Gasteiger partial charge in [0.15, 0.2) is 6.10 Å². The number of nitrogens with zero attached hydrogens (tertiary/aromatic N) is 1. The predicted octanol–water partition coefficient (Wildman–Crippen LogP) is 4.81. The third-order valence-electron chi connectivity index (χ3n) is 4.54. The number of aromatic nitrogens is 1. The Bertz CT molecular complexity index is 901. The average molecular weight is 395 g/mol. The summed E-state index contributed by atoms with van der Waals surface area (Å²) < 4.78 is 5.72. The molecule has 0 aliphatic carbocycles. The minimum Gasteiger partial charge on any atom is -0.481 e. The van der Waals surface area contributed by atoms with Crippen molar-refractivity contribution in [3.05, 3.63) is 70.7 Å². The van der Waals surface area contributed by atoms with Gasteiger partial charge in [-0.15, -0.1) is 11.3 Å². The summed E-state index contributed by atoms with van der Waals surface area (Å²) in [5.74, 6) is 0.593. The van der Waals surface area contributed by atoms with Crippen LogP contribution < -0.4 is 10.1 Å². The summed E-state index contributed by atoms with van der Waals surface area (Å²) >= 11 is 1.63. The number of thiazole rings is 1. The lowest BCUT2D eigenvalue weighted by Gasteiger charge is -2.14. The van der Waals surface area contributed by atoms with Crippen molar-refractivity contribution < 1.29 is 9.53 Å². The molecule has 0 aliphatic rings. The van der Waals surface area contributed by atoms with Gasteiger partial charge in [-0.3, -0.25) is 4.79 Å². The first-order valence-corrected chi connectivity index (χ1v) is 10.5. The maximum absolute atomic E-state index is 12.3. The van der Waals surface area contributed by atoms with E-state index in [1.54, 1.807) is 18.3 Å². The number of aryl methyl sites for hydroxylation is 2. The van der Waals surface area contributed by atoms with Crippen LogP contribution in [0.1, 0.15) is 30.7 Å². The Hall–Kier alpha value is -2.66. The van der Waals surface area contributed by atoms with E-state index in [1.807, 2.05) is 24.3 Å². The second-order valence-electron chi connectivity index (χ2n) is 6.81. The van der Waals surface area contributed by atoms with Crippen molar-refractivity contribution in [3.8, 4) is 16.3 Å². The van der Waals surface area contributed by atoms with Gasteiger partial charge in [0.1, 0.15) is 10.8 Å². The minimum absolute atomic E-state index is 0.117. The minimum atomic E-state index is -0.536. The number of ether oxygens (including phenoxy) is 1. The van der Waals surface area contributed by atoms with Crippen molar-refractivity contribution in [2.24, 2.45) is 0 Å². The number of amides is 1. The van der Waals surface area contributed by atoms with Crippen molar-refractivity contribution >= 4 is 17.2 Å². The molecule has 0 spiro atoms. The third kappa shape index (κ3) is 5.42. The smallest absolute Gasteiger partial charge is 0.260 e. The van der Waals surface area contributed by atoms with Gasteiger partial charge in [-0.25, -0.2) is 4.98 Å². The summed E-state index contributed by atoms with van der Waals surface area (Å²) in [5, 5.41) is 5.99. The van der Waals surface area contributed by atoms with Crippen molar-refractivity contribution in [3.63, 3.8) is 0 Å². The summed E-state index contributed by atoms with van der Waals surface area (Å²) in [6.45, 7) is 6.49. The zero-order chi connectivity index (χ0) is 19.9. The highest BCUT2D eigenvalue weighted by Crippen LogP contribution is 2.24. The molecule has 0 saturated heterocycles. The first kappa shape index (κ1) is 20.1. The monoisotopic (exact) mass is 394 g/mol. The average Bonchev–Trinajstić information content (AvgIpc) is 3.18. The molecule has 3 aromatic rings. The van der Waals surface area contributed by atoms with E-state index >= 15 is 0 Å². The van der Waals surface area contributed by atoms with Crippen molar-refractivity contribution in [2.45, 2.75) is 39.7 Å². The largest absolute Gasteiger partial charge is 0.481 e. The molecule has 4 nitrogen and oxygen atoms in total. The Labute approximate surface area is 170 Å². The zero-order valence-corrected chi connectivity index (χ0v) is 17.4. The number of hydrogen-bond acceptors (Lipinski definition) is 4. The highest BCUT2D eigenvalue weighted by molar-refractivity contribution is 7.13. The quantitative estimate of drug-likeness (QED) is 0.597. The fourth-order valence-electron chi connectivity index (χ4n) is 2.77. The van der Waals surface area contributed by atoms with Gasteiger partial charge < -0.3 is 10.1 Å². The number of benzene rings is 2. The predicted molar refractivity (Wildman–Crippen MR) is 115 cm³/mol. The molecule has 0 fully saturated rings. The summed E-state index contributed by atoms with van der Waals surface area (Å²) in [6, 6.07) is 16.2. The zero-order valence-electron chi connectivity index (χ0n) is 16.6. The molecule has 1 N–H and O–H groups in total. The number of rotatable bonds is 8. The van der Waals surface area contributed by atoms with Crippen molar-refractivity contribution in [2.75, 3.05) is 6.54 Å². The fourth-order valence-corrected chi connectivity index (χ4v) is 3.63. The molecule has 1 atom stereocenters. The number of carbonyl (C=O) groups is 1. The topological polar surface area (TPSA) is 51.2 Å². The lowest BCUT2D eigenvalue weighted by Crippen LogP contribution is -2.37.